The fraction of sp³-hybridized carbons (Fsp3) is 1.00. The zero-order valence-corrected chi connectivity index (χ0v) is 7.46. The molecule has 0 radical (unpaired) electrons. The van der Waals surface area contributed by atoms with Gasteiger partial charge >= 0.3 is 0 Å². The molecule has 0 fully saturated rings. The largest absolute Gasteiger partial charge is 0.395 e. The molecule has 0 aliphatic heterocycles. The van der Waals surface area contributed by atoms with Gasteiger partial charge in [-0.2, -0.15) is 0 Å². The Balaban J connectivity index is 3.43. The fourth-order valence-electron chi connectivity index (χ4n) is 1.32. The third kappa shape index (κ3) is 6.28. The third-order valence-corrected chi connectivity index (χ3v) is 1.71. The highest BCUT2D eigenvalue weighted by atomic mass is 16.3. The molecule has 0 bridgehead atoms. The fourth-order valence-corrected chi connectivity index (χ4v) is 1.32. The molecule has 0 saturated carbocycles. The van der Waals surface area contributed by atoms with Gasteiger partial charge in [-0.15, -0.1) is 0 Å². The molecule has 0 aliphatic carbocycles. The number of hydrogen-bond acceptors (Lipinski definition) is 3. The van der Waals surface area contributed by atoms with E-state index in [9.17, 15) is 0 Å². The lowest BCUT2D eigenvalue weighted by Gasteiger charge is -2.16. The molecule has 0 aromatic heterocycles. The quantitative estimate of drug-likeness (QED) is 0.533. The minimum absolute atomic E-state index is 0.0727. The van der Waals surface area contributed by atoms with E-state index in [4.69, 9.17) is 16.6 Å². The first-order valence-corrected chi connectivity index (χ1v) is 4.18. The summed E-state index contributed by atoms with van der Waals surface area (Å²) in [6.07, 6.45) is 1.84. The summed E-state index contributed by atoms with van der Waals surface area (Å²) in [5, 5.41) is 8.66. The lowest BCUT2D eigenvalue weighted by atomic mass is 9.96. The predicted molar refractivity (Wildman–Crippen MR) is 47.1 cm³/mol. The Morgan fingerprint density at radius 3 is 2.09 bits per heavy atom. The highest BCUT2D eigenvalue weighted by molar-refractivity contribution is 4.67. The average molecular weight is 160 g/mol. The lowest BCUT2D eigenvalue weighted by Crippen LogP contribution is -2.28. The van der Waals surface area contributed by atoms with Gasteiger partial charge in [-0.05, 0) is 25.7 Å². The SMILES string of the molecule is CC(N)CC(C)CC(N)CO. The van der Waals surface area contributed by atoms with E-state index >= 15 is 0 Å². The Labute approximate surface area is 68.8 Å². The number of rotatable bonds is 5. The van der Waals surface area contributed by atoms with Crippen molar-refractivity contribution in [3.63, 3.8) is 0 Å². The van der Waals surface area contributed by atoms with Crippen LogP contribution in [0.2, 0.25) is 0 Å². The Bertz CT molecular complexity index is 96.1. The van der Waals surface area contributed by atoms with Crippen LogP contribution in [0.3, 0.4) is 0 Å². The molecule has 0 rings (SSSR count). The van der Waals surface area contributed by atoms with E-state index in [-0.39, 0.29) is 18.7 Å². The first-order chi connectivity index (χ1) is 5.06. The Kier molecular flexibility index (Phi) is 5.46. The molecule has 0 aromatic rings. The van der Waals surface area contributed by atoms with Gasteiger partial charge < -0.3 is 16.6 Å². The maximum Gasteiger partial charge on any atom is 0.0582 e. The van der Waals surface area contributed by atoms with E-state index < -0.39 is 0 Å². The van der Waals surface area contributed by atoms with E-state index in [1.54, 1.807) is 0 Å². The van der Waals surface area contributed by atoms with Crippen molar-refractivity contribution in [2.24, 2.45) is 17.4 Å². The van der Waals surface area contributed by atoms with Crippen LogP contribution in [0, 0.1) is 5.92 Å². The molecule has 5 N–H and O–H groups in total. The third-order valence-electron chi connectivity index (χ3n) is 1.71. The monoisotopic (exact) mass is 160 g/mol. The molecular formula is C8H20N2O. The molecule has 0 amide bonds. The molecule has 0 saturated heterocycles. The standard InChI is InChI=1S/C8H20N2O/c1-6(3-7(2)9)4-8(10)5-11/h6-8,11H,3-5,9-10H2,1-2H3. The number of aliphatic hydroxyl groups is 1. The maximum atomic E-state index is 8.66. The van der Waals surface area contributed by atoms with Gasteiger partial charge in [0.2, 0.25) is 0 Å². The van der Waals surface area contributed by atoms with Crippen molar-refractivity contribution in [3.05, 3.63) is 0 Å². The van der Waals surface area contributed by atoms with Gasteiger partial charge in [0, 0.05) is 12.1 Å². The predicted octanol–water partition coefficient (Wildman–Crippen LogP) is 0.0695. The summed E-state index contributed by atoms with van der Waals surface area (Å²) in [4.78, 5) is 0. The smallest absolute Gasteiger partial charge is 0.0582 e. The average Bonchev–Trinajstić information content (AvgIpc) is 1.85. The van der Waals surface area contributed by atoms with E-state index in [1.807, 2.05) is 6.92 Å². The first kappa shape index (κ1) is 10.9. The number of aliphatic hydroxyl groups excluding tert-OH is 1. The molecular weight excluding hydrogens is 140 g/mol. The van der Waals surface area contributed by atoms with Gasteiger partial charge in [0.15, 0.2) is 0 Å². The summed E-state index contributed by atoms with van der Waals surface area (Å²) < 4.78 is 0. The molecule has 0 aliphatic rings. The van der Waals surface area contributed by atoms with Crippen molar-refractivity contribution in [2.45, 2.75) is 38.8 Å². The second-order valence-electron chi connectivity index (χ2n) is 3.50. The second kappa shape index (κ2) is 5.52. The van der Waals surface area contributed by atoms with Gasteiger partial charge in [-0.3, -0.25) is 0 Å². The highest BCUT2D eigenvalue weighted by Crippen LogP contribution is 2.10. The van der Waals surface area contributed by atoms with Crippen LogP contribution in [-0.4, -0.2) is 23.8 Å². The minimum Gasteiger partial charge on any atom is -0.395 e. The molecule has 3 heteroatoms. The van der Waals surface area contributed by atoms with Crippen molar-refractivity contribution in [1.82, 2.24) is 0 Å². The number of nitrogens with two attached hydrogens (primary N) is 2. The zero-order valence-electron chi connectivity index (χ0n) is 7.46. The Morgan fingerprint density at radius 2 is 1.73 bits per heavy atom. The Morgan fingerprint density at radius 1 is 1.18 bits per heavy atom. The van der Waals surface area contributed by atoms with Crippen LogP contribution in [0.5, 0.6) is 0 Å². The molecule has 68 valence electrons. The van der Waals surface area contributed by atoms with Crippen molar-refractivity contribution >= 4 is 0 Å². The summed E-state index contributed by atoms with van der Waals surface area (Å²) in [5.74, 6) is 0.511. The van der Waals surface area contributed by atoms with Gasteiger partial charge in [-0.25, -0.2) is 0 Å². The molecule has 11 heavy (non-hydrogen) atoms. The number of hydrogen-bond donors (Lipinski definition) is 3. The lowest BCUT2D eigenvalue weighted by molar-refractivity contribution is 0.243. The van der Waals surface area contributed by atoms with E-state index in [0.717, 1.165) is 12.8 Å². The van der Waals surface area contributed by atoms with E-state index in [2.05, 4.69) is 6.92 Å². The maximum absolute atomic E-state index is 8.66. The minimum atomic E-state index is -0.0799. The van der Waals surface area contributed by atoms with Crippen LogP contribution in [0.25, 0.3) is 0 Å². The van der Waals surface area contributed by atoms with Crippen LogP contribution >= 0.6 is 0 Å². The van der Waals surface area contributed by atoms with Gasteiger partial charge in [-0.1, -0.05) is 6.92 Å². The summed E-state index contributed by atoms with van der Waals surface area (Å²) in [6.45, 7) is 4.17. The van der Waals surface area contributed by atoms with Crippen LogP contribution in [0.4, 0.5) is 0 Å². The van der Waals surface area contributed by atoms with Crippen molar-refractivity contribution in [2.75, 3.05) is 6.61 Å². The molecule has 3 nitrogen and oxygen atoms in total. The second-order valence-corrected chi connectivity index (χ2v) is 3.50. The topological polar surface area (TPSA) is 72.3 Å². The van der Waals surface area contributed by atoms with Crippen LogP contribution in [0.1, 0.15) is 26.7 Å². The molecule has 0 aromatic carbocycles. The molecule has 3 unspecified atom stereocenters. The molecule has 0 heterocycles. The van der Waals surface area contributed by atoms with Crippen molar-refractivity contribution in [1.29, 1.82) is 0 Å². The van der Waals surface area contributed by atoms with Crippen LogP contribution < -0.4 is 11.5 Å². The van der Waals surface area contributed by atoms with Gasteiger partial charge in [0.25, 0.3) is 0 Å². The van der Waals surface area contributed by atoms with Gasteiger partial charge in [0.1, 0.15) is 0 Å². The Hall–Kier alpha value is -0.120. The van der Waals surface area contributed by atoms with Crippen molar-refractivity contribution < 1.29 is 5.11 Å². The van der Waals surface area contributed by atoms with Gasteiger partial charge in [0.05, 0.1) is 6.61 Å². The van der Waals surface area contributed by atoms with E-state index in [1.165, 1.54) is 0 Å². The normalized spacial score (nSPS) is 19.4. The highest BCUT2D eigenvalue weighted by Gasteiger charge is 2.09. The summed E-state index contributed by atoms with van der Waals surface area (Å²) >= 11 is 0. The first-order valence-electron chi connectivity index (χ1n) is 4.18. The molecule has 0 spiro atoms. The zero-order chi connectivity index (χ0) is 8.85. The molecule has 3 atom stereocenters. The summed E-state index contributed by atoms with van der Waals surface area (Å²) in [6, 6.07) is 0.152. The van der Waals surface area contributed by atoms with Crippen LogP contribution in [0.15, 0.2) is 0 Å². The van der Waals surface area contributed by atoms with Crippen LogP contribution in [-0.2, 0) is 0 Å². The summed E-state index contributed by atoms with van der Waals surface area (Å²) in [7, 11) is 0. The van der Waals surface area contributed by atoms with E-state index in [0.29, 0.717) is 5.92 Å². The van der Waals surface area contributed by atoms with Crippen molar-refractivity contribution in [3.8, 4) is 0 Å². The summed E-state index contributed by atoms with van der Waals surface area (Å²) in [5.41, 5.74) is 11.2.